The second-order valence-electron chi connectivity index (χ2n) is 4.20. The third-order valence-corrected chi connectivity index (χ3v) is 2.13. The van der Waals surface area contributed by atoms with E-state index in [-0.39, 0.29) is 12.0 Å². The van der Waals surface area contributed by atoms with Gasteiger partial charge in [0.2, 0.25) is 0 Å². The molecule has 0 aromatic rings. The second kappa shape index (κ2) is 6.30. The number of thioether (sulfide) groups is 1. The third-order valence-electron chi connectivity index (χ3n) is 1.52. The highest BCUT2D eigenvalue weighted by molar-refractivity contribution is 7.98. The van der Waals surface area contributed by atoms with E-state index in [9.17, 15) is 4.79 Å². The quantitative estimate of drug-likeness (QED) is 0.564. The van der Waals surface area contributed by atoms with E-state index >= 15 is 0 Å². The maximum Gasteiger partial charge on any atom is 0.323 e. The molecule has 14 heavy (non-hydrogen) atoms. The fraction of sp³-hybridized carbons (Fsp3) is 0.900. The summed E-state index contributed by atoms with van der Waals surface area (Å²) in [6.45, 7) is 8.29. The Morgan fingerprint density at radius 2 is 2.07 bits per heavy atom. The number of hydrogen-bond donors (Lipinski definition) is 1. The Kier molecular flexibility index (Phi) is 6.20. The van der Waals surface area contributed by atoms with Crippen LogP contribution in [0.4, 0.5) is 0 Å². The van der Waals surface area contributed by atoms with Crippen LogP contribution in [0, 0.1) is 0 Å². The van der Waals surface area contributed by atoms with Crippen LogP contribution >= 0.6 is 11.8 Å². The average molecular weight is 219 g/mol. The van der Waals surface area contributed by atoms with Crippen LogP contribution in [0.25, 0.3) is 0 Å². The van der Waals surface area contributed by atoms with Crippen LogP contribution in [0.2, 0.25) is 0 Å². The molecule has 84 valence electrons. The van der Waals surface area contributed by atoms with E-state index in [2.05, 4.69) is 5.32 Å². The number of esters is 1. The Bertz CT molecular complexity index is 177. The first-order chi connectivity index (χ1) is 6.37. The summed E-state index contributed by atoms with van der Waals surface area (Å²) in [6.07, 6.45) is 2.04. The number of hydrogen-bond acceptors (Lipinski definition) is 4. The fourth-order valence-electron chi connectivity index (χ4n) is 0.851. The SMILES string of the molecule is CSCCNC(C)C(=O)OC(C)(C)C. The standard InChI is InChI=1S/C10H21NO2S/c1-8(11-6-7-14-5)9(12)13-10(2,3)4/h8,11H,6-7H2,1-5H3. The first kappa shape index (κ1) is 13.8. The molecular formula is C10H21NO2S. The number of rotatable bonds is 5. The molecule has 0 heterocycles. The van der Waals surface area contributed by atoms with Crippen molar-refractivity contribution in [2.45, 2.75) is 39.3 Å². The largest absolute Gasteiger partial charge is 0.459 e. The van der Waals surface area contributed by atoms with Gasteiger partial charge >= 0.3 is 5.97 Å². The highest BCUT2D eigenvalue weighted by Gasteiger charge is 2.20. The van der Waals surface area contributed by atoms with Crippen LogP contribution in [0.5, 0.6) is 0 Å². The zero-order valence-electron chi connectivity index (χ0n) is 9.72. The van der Waals surface area contributed by atoms with Crippen LogP contribution in [0.1, 0.15) is 27.7 Å². The van der Waals surface area contributed by atoms with Crippen molar-refractivity contribution in [3.05, 3.63) is 0 Å². The highest BCUT2D eigenvalue weighted by Crippen LogP contribution is 2.08. The predicted molar refractivity (Wildman–Crippen MR) is 61.7 cm³/mol. The Labute approximate surface area is 91.0 Å². The first-order valence-electron chi connectivity index (χ1n) is 4.82. The highest BCUT2D eigenvalue weighted by atomic mass is 32.2. The Hall–Kier alpha value is -0.220. The smallest absolute Gasteiger partial charge is 0.323 e. The number of nitrogens with one attached hydrogen (secondary N) is 1. The summed E-state index contributed by atoms with van der Waals surface area (Å²) in [5, 5.41) is 3.11. The van der Waals surface area contributed by atoms with Gasteiger partial charge < -0.3 is 10.1 Å². The Morgan fingerprint density at radius 3 is 2.50 bits per heavy atom. The predicted octanol–water partition coefficient (Wildman–Crippen LogP) is 1.67. The summed E-state index contributed by atoms with van der Waals surface area (Å²) < 4.78 is 5.22. The van der Waals surface area contributed by atoms with Crippen LogP contribution in [0.3, 0.4) is 0 Å². The van der Waals surface area contributed by atoms with E-state index in [1.165, 1.54) is 0 Å². The molecule has 1 atom stereocenters. The third kappa shape index (κ3) is 7.21. The summed E-state index contributed by atoms with van der Waals surface area (Å²) in [5.74, 6) is 0.825. The van der Waals surface area contributed by atoms with Gasteiger partial charge in [-0.15, -0.1) is 0 Å². The lowest BCUT2D eigenvalue weighted by atomic mass is 10.2. The summed E-state index contributed by atoms with van der Waals surface area (Å²) in [6, 6.07) is -0.221. The van der Waals surface area contributed by atoms with Gasteiger partial charge in [-0.1, -0.05) is 0 Å². The van der Waals surface area contributed by atoms with Crippen molar-refractivity contribution in [2.24, 2.45) is 0 Å². The molecule has 0 amide bonds. The summed E-state index contributed by atoms with van der Waals surface area (Å²) >= 11 is 1.75. The maximum absolute atomic E-state index is 11.5. The van der Waals surface area contributed by atoms with E-state index in [1.807, 2.05) is 34.0 Å². The average Bonchev–Trinajstić information content (AvgIpc) is 2.01. The molecule has 0 bridgehead atoms. The molecule has 0 aromatic heterocycles. The van der Waals surface area contributed by atoms with Crippen molar-refractivity contribution < 1.29 is 9.53 Å². The van der Waals surface area contributed by atoms with E-state index in [4.69, 9.17) is 4.74 Å². The van der Waals surface area contributed by atoms with Crippen molar-refractivity contribution >= 4 is 17.7 Å². The van der Waals surface area contributed by atoms with E-state index in [0.717, 1.165) is 12.3 Å². The Morgan fingerprint density at radius 1 is 1.50 bits per heavy atom. The monoisotopic (exact) mass is 219 g/mol. The van der Waals surface area contributed by atoms with E-state index in [1.54, 1.807) is 11.8 Å². The van der Waals surface area contributed by atoms with Crippen LogP contribution in [0.15, 0.2) is 0 Å². The molecule has 0 spiro atoms. The molecule has 0 aliphatic heterocycles. The lowest BCUT2D eigenvalue weighted by Gasteiger charge is -2.22. The van der Waals surface area contributed by atoms with Crippen LogP contribution in [-0.4, -0.2) is 36.2 Å². The number of carbonyl (C=O) groups is 1. The van der Waals surface area contributed by atoms with Crippen molar-refractivity contribution in [1.82, 2.24) is 5.32 Å². The molecule has 0 rings (SSSR count). The normalized spacial score (nSPS) is 13.8. The molecular weight excluding hydrogens is 198 g/mol. The van der Waals surface area contributed by atoms with Gasteiger partial charge in [0, 0.05) is 12.3 Å². The first-order valence-corrected chi connectivity index (χ1v) is 6.21. The van der Waals surface area contributed by atoms with E-state index < -0.39 is 5.60 Å². The van der Waals surface area contributed by atoms with Crippen LogP contribution < -0.4 is 5.32 Å². The van der Waals surface area contributed by atoms with E-state index in [0.29, 0.717) is 0 Å². The molecule has 0 saturated heterocycles. The molecule has 3 nitrogen and oxygen atoms in total. The summed E-state index contributed by atoms with van der Waals surface area (Å²) in [7, 11) is 0. The lowest BCUT2D eigenvalue weighted by molar-refractivity contribution is -0.156. The van der Waals surface area contributed by atoms with Gasteiger partial charge in [-0.2, -0.15) is 11.8 Å². The van der Waals surface area contributed by atoms with Gasteiger partial charge in [0.15, 0.2) is 0 Å². The zero-order valence-corrected chi connectivity index (χ0v) is 10.5. The van der Waals surface area contributed by atoms with Crippen molar-refractivity contribution in [1.29, 1.82) is 0 Å². The van der Waals surface area contributed by atoms with Gasteiger partial charge in [0.05, 0.1) is 0 Å². The molecule has 0 aliphatic carbocycles. The second-order valence-corrected chi connectivity index (χ2v) is 5.19. The molecule has 4 heteroatoms. The number of ether oxygens (including phenoxy) is 1. The Balaban J connectivity index is 3.77. The molecule has 0 fully saturated rings. The summed E-state index contributed by atoms with van der Waals surface area (Å²) in [4.78, 5) is 11.5. The molecule has 0 aliphatic rings. The molecule has 0 aromatic carbocycles. The number of carbonyl (C=O) groups excluding carboxylic acids is 1. The minimum absolute atomic E-state index is 0.182. The fourth-order valence-corrected chi connectivity index (χ4v) is 1.17. The van der Waals surface area contributed by atoms with Crippen molar-refractivity contribution in [3.8, 4) is 0 Å². The van der Waals surface area contributed by atoms with Gasteiger partial charge in [0.25, 0.3) is 0 Å². The molecule has 0 saturated carbocycles. The van der Waals surface area contributed by atoms with Gasteiger partial charge in [-0.3, -0.25) is 4.79 Å². The van der Waals surface area contributed by atoms with Gasteiger partial charge in [0.1, 0.15) is 11.6 Å². The van der Waals surface area contributed by atoms with Gasteiger partial charge in [-0.05, 0) is 34.0 Å². The molecule has 1 N–H and O–H groups in total. The molecule has 1 unspecified atom stereocenters. The molecule has 0 radical (unpaired) electrons. The zero-order chi connectivity index (χ0) is 11.2. The van der Waals surface area contributed by atoms with Crippen molar-refractivity contribution in [3.63, 3.8) is 0 Å². The minimum Gasteiger partial charge on any atom is -0.459 e. The lowest BCUT2D eigenvalue weighted by Crippen LogP contribution is -2.40. The van der Waals surface area contributed by atoms with Crippen molar-refractivity contribution in [2.75, 3.05) is 18.6 Å². The van der Waals surface area contributed by atoms with Crippen LogP contribution in [-0.2, 0) is 9.53 Å². The topological polar surface area (TPSA) is 38.3 Å². The summed E-state index contributed by atoms with van der Waals surface area (Å²) in [5.41, 5.74) is -0.396. The maximum atomic E-state index is 11.5. The van der Waals surface area contributed by atoms with Gasteiger partial charge in [-0.25, -0.2) is 0 Å². The minimum atomic E-state index is -0.396.